The third-order valence-electron chi connectivity index (χ3n) is 3.47. The monoisotopic (exact) mass is 340 g/mol. The van der Waals surface area contributed by atoms with E-state index in [9.17, 15) is 4.79 Å². The second kappa shape index (κ2) is 5.35. The van der Waals surface area contributed by atoms with Gasteiger partial charge in [0, 0.05) is 17.6 Å². The zero-order chi connectivity index (χ0) is 14.3. The molecule has 3 rings (SSSR count). The first-order chi connectivity index (χ1) is 9.52. The molecule has 6 heteroatoms. The number of halogens is 1. The number of fused-ring (bicyclic) bond motifs is 1. The van der Waals surface area contributed by atoms with Gasteiger partial charge in [-0.3, -0.25) is 9.47 Å². The Kier molecular flexibility index (Phi) is 3.70. The normalized spacial score (nSPS) is 24.4. The van der Waals surface area contributed by atoms with Crippen molar-refractivity contribution in [2.75, 3.05) is 13.1 Å². The fourth-order valence-corrected chi connectivity index (χ4v) is 3.11. The van der Waals surface area contributed by atoms with Crippen molar-refractivity contribution in [1.29, 1.82) is 0 Å². The van der Waals surface area contributed by atoms with Crippen molar-refractivity contribution in [2.24, 2.45) is 0 Å². The number of oxazole rings is 1. The Hall–Kier alpha value is -1.11. The predicted molar refractivity (Wildman–Crippen MR) is 79.8 cm³/mol. The molecular formula is C14H17BrN2O3. The number of morpholine rings is 1. The largest absolute Gasteiger partial charge is 0.421 e. The van der Waals surface area contributed by atoms with Gasteiger partial charge in [-0.25, -0.2) is 4.79 Å². The van der Waals surface area contributed by atoms with Gasteiger partial charge in [0.15, 0.2) is 5.58 Å². The average Bonchev–Trinajstić information content (AvgIpc) is 2.64. The van der Waals surface area contributed by atoms with Gasteiger partial charge in [-0.15, -0.1) is 0 Å². The van der Waals surface area contributed by atoms with E-state index >= 15 is 0 Å². The van der Waals surface area contributed by atoms with Gasteiger partial charge in [0.25, 0.3) is 0 Å². The number of rotatable bonds is 2. The molecule has 0 aliphatic carbocycles. The van der Waals surface area contributed by atoms with Gasteiger partial charge >= 0.3 is 5.76 Å². The van der Waals surface area contributed by atoms with Crippen LogP contribution in [0.5, 0.6) is 0 Å². The lowest BCUT2D eigenvalue weighted by molar-refractivity contribution is -0.0766. The molecule has 0 unspecified atom stereocenters. The Morgan fingerprint density at radius 3 is 2.70 bits per heavy atom. The highest BCUT2D eigenvalue weighted by Crippen LogP contribution is 2.20. The molecule has 1 aliphatic rings. The van der Waals surface area contributed by atoms with E-state index in [1.807, 2.05) is 18.2 Å². The van der Waals surface area contributed by atoms with Gasteiger partial charge in [-0.1, -0.05) is 15.9 Å². The molecule has 0 N–H and O–H groups in total. The molecule has 0 amide bonds. The van der Waals surface area contributed by atoms with Crippen molar-refractivity contribution in [1.82, 2.24) is 9.47 Å². The van der Waals surface area contributed by atoms with Crippen molar-refractivity contribution >= 4 is 27.0 Å². The van der Waals surface area contributed by atoms with Gasteiger partial charge < -0.3 is 9.15 Å². The zero-order valence-corrected chi connectivity index (χ0v) is 13.1. The summed E-state index contributed by atoms with van der Waals surface area (Å²) in [6.07, 6.45) is 0.364. The summed E-state index contributed by atoms with van der Waals surface area (Å²) >= 11 is 3.38. The minimum Gasteiger partial charge on any atom is -0.408 e. The third kappa shape index (κ3) is 2.68. The van der Waals surface area contributed by atoms with Gasteiger partial charge in [-0.05, 0) is 32.0 Å². The van der Waals surface area contributed by atoms with Crippen molar-refractivity contribution in [3.05, 3.63) is 33.2 Å². The van der Waals surface area contributed by atoms with Crippen molar-refractivity contribution in [3.8, 4) is 0 Å². The van der Waals surface area contributed by atoms with E-state index in [-0.39, 0.29) is 18.0 Å². The highest BCUT2D eigenvalue weighted by molar-refractivity contribution is 9.10. The summed E-state index contributed by atoms with van der Waals surface area (Å²) in [4.78, 5) is 14.2. The number of benzene rings is 1. The summed E-state index contributed by atoms with van der Waals surface area (Å²) in [5.74, 6) is -0.315. The predicted octanol–water partition coefficient (Wildman–Crippen LogP) is 2.42. The van der Waals surface area contributed by atoms with E-state index in [0.29, 0.717) is 12.3 Å². The molecule has 0 spiro atoms. The van der Waals surface area contributed by atoms with Crippen LogP contribution in [-0.4, -0.2) is 34.8 Å². The lowest BCUT2D eigenvalue weighted by Gasteiger charge is -2.35. The maximum atomic E-state index is 12.0. The van der Waals surface area contributed by atoms with Crippen LogP contribution in [0.1, 0.15) is 13.8 Å². The Morgan fingerprint density at radius 1 is 1.30 bits per heavy atom. The summed E-state index contributed by atoms with van der Waals surface area (Å²) in [7, 11) is 0. The number of nitrogens with zero attached hydrogens (tertiary/aromatic N) is 2. The van der Waals surface area contributed by atoms with E-state index < -0.39 is 0 Å². The first-order valence-corrected chi connectivity index (χ1v) is 7.49. The number of hydrogen-bond acceptors (Lipinski definition) is 4. The van der Waals surface area contributed by atoms with E-state index in [1.54, 1.807) is 4.57 Å². The molecule has 2 heterocycles. The van der Waals surface area contributed by atoms with Crippen LogP contribution in [0.25, 0.3) is 11.1 Å². The topological polar surface area (TPSA) is 47.6 Å². The Bertz CT molecular complexity index is 669. The molecule has 1 aromatic carbocycles. The molecule has 2 aromatic rings. The molecule has 0 saturated carbocycles. The molecule has 5 nitrogen and oxygen atoms in total. The fourth-order valence-electron chi connectivity index (χ4n) is 2.77. The number of hydrogen-bond donors (Lipinski definition) is 0. The van der Waals surface area contributed by atoms with E-state index in [4.69, 9.17) is 9.15 Å². The Balaban J connectivity index is 1.91. The van der Waals surface area contributed by atoms with Gasteiger partial charge in [0.05, 0.1) is 24.4 Å². The van der Waals surface area contributed by atoms with Crippen LogP contribution >= 0.6 is 15.9 Å². The smallest absolute Gasteiger partial charge is 0.408 e. The van der Waals surface area contributed by atoms with E-state index in [2.05, 4.69) is 34.7 Å². The van der Waals surface area contributed by atoms with Gasteiger partial charge in [0.1, 0.15) is 0 Å². The van der Waals surface area contributed by atoms with Crippen molar-refractivity contribution in [3.63, 3.8) is 0 Å². The maximum Gasteiger partial charge on any atom is 0.421 e. The summed E-state index contributed by atoms with van der Waals surface area (Å²) in [6.45, 7) is 6.28. The van der Waals surface area contributed by atoms with Crippen molar-refractivity contribution < 1.29 is 9.15 Å². The Morgan fingerprint density at radius 2 is 2.00 bits per heavy atom. The van der Waals surface area contributed by atoms with Crippen LogP contribution in [0.4, 0.5) is 0 Å². The van der Waals surface area contributed by atoms with Gasteiger partial charge in [-0.2, -0.15) is 0 Å². The molecule has 1 aliphatic heterocycles. The molecule has 1 saturated heterocycles. The summed E-state index contributed by atoms with van der Waals surface area (Å²) in [5.41, 5.74) is 1.43. The van der Waals surface area contributed by atoms with Gasteiger partial charge in [0.2, 0.25) is 0 Å². The minimum atomic E-state index is -0.315. The van der Waals surface area contributed by atoms with E-state index in [1.165, 1.54) is 0 Å². The molecule has 20 heavy (non-hydrogen) atoms. The van der Waals surface area contributed by atoms with Crippen LogP contribution in [-0.2, 0) is 11.4 Å². The highest BCUT2D eigenvalue weighted by Gasteiger charge is 2.23. The maximum absolute atomic E-state index is 12.0. The number of ether oxygens (including phenoxy) is 1. The van der Waals surface area contributed by atoms with Crippen LogP contribution < -0.4 is 5.76 Å². The first kappa shape index (κ1) is 13.9. The SMILES string of the molecule is C[C@@H]1CN(Cn2c(=O)oc3cc(Br)ccc32)C[C@@H](C)O1. The molecule has 0 radical (unpaired) electrons. The molecule has 2 atom stereocenters. The average molecular weight is 341 g/mol. The molecule has 108 valence electrons. The summed E-state index contributed by atoms with van der Waals surface area (Å²) in [6, 6.07) is 5.63. The van der Waals surface area contributed by atoms with Crippen molar-refractivity contribution in [2.45, 2.75) is 32.7 Å². The first-order valence-electron chi connectivity index (χ1n) is 6.69. The zero-order valence-electron chi connectivity index (χ0n) is 11.5. The highest BCUT2D eigenvalue weighted by atomic mass is 79.9. The molecule has 0 bridgehead atoms. The van der Waals surface area contributed by atoms with Crippen LogP contribution in [0.15, 0.2) is 31.9 Å². The van der Waals surface area contributed by atoms with Crippen LogP contribution in [0.3, 0.4) is 0 Å². The second-order valence-corrected chi connectivity index (χ2v) is 6.26. The number of aromatic nitrogens is 1. The second-order valence-electron chi connectivity index (χ2n) is 5.34. The Labute approximate surface area is 125 Å². The minimum absolute atomic E-state index is 0.182. The molecule has 1 fully saturated rings. The summed E-state index contributed by atoms with van der Waals surface area (Å²) in [5, 5.41) is 0. The summed E-state index contributed by atoms with van der Waals surface area (Å²) < 4.78 is 13.6. The molecular weight excluding hydrogens is 324 g/mol. The third-order valence-corrected chi connectivity index (χ3v) is 3.96. The molecule has 1 aromatic heterocycles. The lowest BCUT2D eigenvalue weighted by Crippen LogP contribution is -2.46. The lowest BCUT2D eigenvalue weighted by atomic mass is 10.2. The van der Waals surface area contributed by atoms with E-state index in [0.717, 1.165) is 23.1 Å². The fraction of sp³-hybridized carbons (Fsp3) is 0.500. The standard InChI is InChI=1S/C14H17BrN2O3/c1-9-6-16(7-10(2)19-9)8-17-12-4-3-11(15)5-13(12)20-14(17)18/h3-5,9-10H,6-8H2,1-2H3/t9-,10-/m1/s1. The van der Waals surface area contributed by atoms with Crippen LogP contribution in [0, 0.1) is 0 Å². The quantitative estimate of drug-likeness (QED) is 0.842. The van der Waals surface area contributed by atoms with Crippen LogP contribution in [0.2, 0.25) is 0 Å².